The molecule has 4 nitrogen and oxygen atoms in total. The highest BCUT2D eigenvalue weighted by atomic mass is 16.1. The van der Waals surface area contributed by atoms with Crippen LogP contribution in [0.5, 0.6) is 0 Å². The number of aryl methyl sites for hydroxylation is 1. The molecule has 1 aromatic heterocycles. The van der Waals surface area contributed by atoms with Gasteiger partial charge in [-0.1, -0.05) is 0 Å². The summed E-state index contributed by atoms with van der Waals surface area (Å²) >= 11 is 0. The zero-order chi connectivity index (χ0) is 13.2. The van der Waals surface area contributed by atoms with E-state index in [1.165, 1.54) is 24.0 Å². The van der Waals surface area contributed by atoms with E-state index in [0.29, 0.717) is 0 Å². The predicted octanol–water partition coefficient (Wildman–Crippen LogP) is 2.28. The van der Waals surface area contributed by atoms with Gasteiger partial charge in [-0.05, 0) is 49.8 Å². The second-order valence-electron chi connectivity index (χ2n) is 5.59. The lowest BCUT2D eigenvalue weighted by Crippen LogP contribution is -2.23. The first-order chi connectivity index (χ1) is 9.29. The Balaban J connectivity index is 1.84. The van der Waals surface area contributed by atoms with Crippen molar-refractivity contribution in [3.63, 3.8) is 0 Å². The topological polar surface area (TPSA) is 36.4 Å². The van der Waals surface area contributed by atoms with E-state index in [-0.39, 0.29) is 6.04 Å². The number of pyridine rings is 1. The van der Waals surface area contributed by atoms with E-state index >= 15 is 0 Å². The molecule has 3 heterocycles. The van der Waals surface area contributed by atoms with Crippen LogP contribution in [0.3, 0.4) is 0 Å². The van der Waals surface area contributed by atoms with E-state index < -0.39 is 0 Å². The highest BCUT2D eigenvalue weighted by molar-refractivity contribution is 5.51. The molecule has 0 bridgehead atoms. The fourth-order valence-corrected chi connectivity index (χ4v) is 3.27. The molecule has 102 valence electrons. The summed E-state index contributed by atoms with van der Waals surface area (Å²) in [6, 6.07) is 2.42. The molecule has 1 atom stereocenters. The third kappa shape index (κ3) is 2.31. The van der Waals surface area contributed by atoms with Crippen LogP contribution >= 0.6 is 0 Å². The fraction of sp³-hybridized carbons (Fsp3) is 0.600. The standard InChI is InChI=1S/C15H21N3O/c1-12-9-15(17-6-2-3-7-17)16-10-13(12)14-5-4-8-18(14)11-19/h9-11,14H,2-8H2,1H3. The fourth-order valence-electron chi connectivity index (χ4n) is 3.27. The molecule has 2 aliphatic heterocycles. The molecule has 1 aromatic rings. The zero-order valence-corrected chi connectivity index (χ0v) is 11.5. The Labute approximate surface area is 114 Å². The first-order valence-electron chi connectivity index (χ1n) is 7.22. The van der Waals surface area contributed by atoms with Crippen molar-refractivity contribution in [3.05, 3.63) is 23.4 Å². The van der Waals surface area contributed by atoms with Gasteiger partial charge in [-0.3, -0.25) is 4.79 Å². The number of nitrogens with zero attached hydrogens (tertiary/aromatic N) is 3. The van der Waals surface area contributed by atoms with Crippen LogP contribution < -0.4 is 4.90 Å². The van der Waals surface area contributed by atoms with Gasteiger partial charge in [0.25, 0.3) is 0 Å². The van der Waals surface area contributed by atoms with E-state index in [0.717, 1.165) is 44.7 Å². The van der Waals surface area contributed by atoms with Crippen LogP contribution in [0.2, 0.25) is 0 Å². The van der Waals surface area contributed by atoms with E-state index in [1.807, 2.05) is 11.1 Å². The predicted molar refractivity (Wildman–Crippen MR) is 75.2 cm³/mol. The van der Waals surface area contributed by atoms with Crippen molar-refractivity contribution in [2.45, 2.75) is 38.6 Å². The van der Waals surface area contributed by atoms with Crippen molar-refractivity contribution in [2.75, 3.05) is 24.5 Å². The number of carbonyl (C=O) groups is 1. The number of aromatic nitrogens is 1. The minimum absolute atomic E-state index is 0.234. The summed E-state index contributed by atoms with van der Waals surface area (Å²) in [5, 5.41) is 0. The first kappa shape index (κ1) is 12.5. The quantitative estimate of drug-likeness (QED) is 0.781. The average Bonchev–Trinajstić information content (AvgIpc) is 3.09. The van der Waals surface area contributed by atoms with Crippen LogP contribution in [0, 0.1) is 6.92 Å². The van der Waals surface area contributed by atoms with Crippen LogP contribution in [-0.2, 0) is 4.79 Å². The maximum Gasteiger partial charge on any atom is 0.210 e. The summed E-state index contributed by atoms with van der Waals surface area (Å²) < 4.78 is 0. The Bertz CT molecular complexity index is 468. The van der Waals surface area contributed by atoms with Crippen molar-refractivity contribution >= 4 is 12.2 Å². The monoisotopic (exact) mass is 259 g/mol. The molecule has 1 amide bonds. The van der Waals surface area contributed by atoms with Gasteiger partial charge < -0.3 is 9.80 Å². The Morgan fingerprint density at radius 2 is 2.05 bits per heavy atom. The number of rotatable bonds is 3. The normalized spacial score (nSPS) is 23.1. The Morgan fingerprint density at radius 3 is 2.74 bits per heavy atom. The van der Waals surface area contributed by atoms with E-state index in [4.69, 9.17) is 0 Å². The lowest BCUT2D eigenvalue weighted by atomic mass is 10.0. The molecule has 0 aromatic carbocycles. The van der Waals surface area contributed by atoms with Crippen molar-refractivity contribution < 1.29 is 4.79 Å². The minimum Gasteiger partial charge on any atom is -0.357 e. The third-order valence-electron chi connectivity index (χ3n) is 4.36. The lowest BCUT2D eigenvalue weighted by Gasteiger charge is -2.23. The molecular weight excluding hydrogens is 238 g/mol. The van der Waals surface area contributed by atoms with Crippen LogP contribution in [-0.4, -0.2) is 35.9 Å². The summed E-state index contributed by atoms with van der Waals surface area (Å²) in [7, 11) is 0. The summed E-state index contributed by atoms with van der Waals surface area (Å²) in [4.78, 5) is 19.9. The molecule has 19 heavy (non-hydrogen) atoms. The summed E-state index contributed by atoms with van der Waals surface area (Å²) in [6.45, 7) is 5.25. The molecule has 0 spiro atoms. The first-order valence-corrected chi connectivity index (χ1v) is 7.22. The van der Waals surface area contributed by atoms with Crippen LogP contribution in [0.4, 0.5) is 5.82 Å². The van der Waals surface area contributed by atoms with Gasteiger partial charge in [-0.2, -0.15) is 0 Å². The smallest absolute Gasteiger partial charge is 0.210 e. The molecule has 0 saturated carbocycles. The van der Waals surface area contributed by atoms with Crippen molar-refractivity contribution in [1.82, 2.24) is 9.88 Å². The Morgan fingerprint density at radius 1 is 1.26 bits per heavy atom. The second kappa shape index (κ2) is 5.19. The minimum atomic E-state index is 0.234. The van der Waals surface area contributed by atoms with E-state index in [1.54, 1.807) is 0 Å². The van der Waals surface area contributed by atoms with Crippen LogP contribution in [0.15, 0.2) is 12.3 Å². The van der Waals surface area contributed by atoms with Gasteiger partial charge in [0.15, 0.2) is 0 Å². The number of hydrogen-bond acceptors (Lipinski definition) is 3. The van der Waals surface area contributed by atoms with Gasteiger partial charge in [0, 0.05) is 25.8 Å². The summed E-state index contributed by atoms with van der Waals surface area (Å²) in [5.41, 5.74) is 2.48. The summed E-state index contributed by atoms with van der Waals surface area (Å²) in [5.74, 6) is 1.09. The molecule has 4 heteroatoms. The lowest BCUT2D eigenvalue weighted by molar-refractivity contribution is -0.118. The number of carbonyl (C=O) groups excluding carboxylic acids is 1. The van der Waals surface area contributed by atoms with Gasteiger partial charge in [0.1, 0.15) is 5.82 Å². The second-order valence-corrected chi connectivity index (χ2v) is 5.59. The highest BCUT2D eigenvalue weighted by Crippen LogP contribution is 2.33. The zero-order valence-electron chi connectivity index (χ0n) is 11.5. The molecule has 2 saturated heterocycles. The molecular formula is C15H21N3O. The van der Waals surface area contributed by atoms with Crippen LogP contribution in [0.1, 0.15) is 42.9 Å². The SMILES string of the molecule is Cc1cc(N2CCCC2)ncc1C1CCCN1C=O. The number of anilines is 1. The molecule has 0 radical (unpaired) electrons. The van der Waals surface area contributed by atoms with Gasteiger partial charge in [0.2, 0.25) is 6.41 Å². The average molecular weight is 259 g/mol. The van der Waals surface area contributed by atoms with Gasteiger partial charge >= 0.3 is 0 Å². The van der Waals surface area contributed by atoms with Crippen LogP contribution in [0.25, 0.3) is 0 Å². The van der Waals surface area contributed by atoms with Gasteiger partial charge in [0.05, 0.1) is 6.04 Å². The van der Waals surface area contributed by atoms with E-state index in [2.05, 4.69) is 22.9 Å². The van der Waals surface area contributed by atoms with Crippen molar-refractivity contribution in [1.29, 1.82) is 0 Å². The van der Waals surface area contributed by atoms with E-state index in [9.17, 15) is 4.79 Å². The molecule has 0 N–H and O–H groups in total. The summed E-state index contributed by atoms with van der Waals surface area (Å²) in [6.07, 6.45) is 7.65. The molecule has 2 fully saturated rings. The third-order valence-corrected chi connectivity index (χ3v) is 4.36. The highest BCUT2D eigenvalue weighted by Gasteiger charge is 2.26. The van der Waals surface area contributed by atoms with Crippen molar-refractivity contribution in [3.8, 4) is 0 Å². The molecule has 1 unspecified atom stereocenters. The Kier molecular flexibility index (Phi) is 3.40. The van der Waals surface area contributed by atoms with Crippen molar-refractivity contribution in [2.24, 2.45) is 0 Å². The molecule has 0 aliphatic carbocycles. The molecule has 2 aliphatic rings. The molecule has 3 rings (SSSR count). The number of amides is 1. The number of hydrogen-bond donors (Lipinski definition) is 0. The maximum atomic E-state index is 11.1. The van der Waals surface area contributed by atoms with Gasteiger partial charge in [-0.15, -0.1) is 0 Å². The largest absolute Gasteiger partial charge is 0.357 e. The maximum absolute atomic E-state index is 11.1. The number of likely N-dealkylation sites (tertiary alicyclic amines) is 1. The van der Waals surface area contributed by atoms with Gasteiger partial charge in [-0.25, -0.2) is 4.98 Å². The Hall–Kier alpha value is -1.58.